The average molecular weight is 367 g/mol. The van der Waals surface area contributed by atoms with E-state index in [0.717, 1.165) is 12.8 Å². The van der Waals surface area contributed by atoms with Gasteiger partial charge >= 0.3 is 5.76 Å². The van der Waals surface area contributed by atoms with Crippen LogP contribution in [0.25, 0.3) is 11.1 Å². The molecule has 1 atom stereocenters. The molecule has 25 heavy (non-hydrogen) atoms. The number of non-ortho nitro benzene ring substituents is 1. The topological polar surface area (TPSA) is 116 Å². The van der Waals surface area contributed by atoms with Crippen molar-refractivity contribution in [3.63, 3.8) is 0 Å². The summed E-state index contributed by atoms with van der Waals surface area (Å²) in [5, 5.41) is 11.0. The van der Waals surface area contributed by atoms with Gasteiger partial charge in [-0.15, -0.1) is 0 Å². The molecular weight excluding hydrogens is 350 g/mol. The zero-order chi connectivity index (χ0) is 17.8. The molecular formula is C15H17N3O6S. The number of nitro benzene ring substituents is 1. The predicted molar refractivity (Wildman–Crippen MR) is 89.0 cm³/mol. The van der Waals surface area contributed by atoms with Crippen molar-refractivity contribution in [2.24, 2.45) is 0 Å². The molecule has 1 aromatic heterocycles. The average Bonchev–Trinajstić information content (AvgIpc) is 3.25. The Balaban J connectivity index is 1.71. The van der Waals surface area contributed by atoms with Crippen molar-refractivity contribution in [1.82, 2.24) is 9.47 Å². The van der Waals surface area contributed by atoms with Crippen LogP contribution < -0.4 is 5.76 Å². The maximum Gasteiger partial charge on any atom is 0.421 e. The van der Waals surface area contributed by atoms with E-state index < -0.39 is 20.5 Å². The van der Waals surface area contributed by atoms with Gasteiger partial charge in [0.2, 0.25) is 0 Å². The number of aromatic nitrogens is 1. The number of benzene rings is 1. The van der Waals surface area contributed by atoms with Gasteiger partial charge in [-0.25, -0.2) is 13.2 Å². The summed E-state index contributed by atoms with van der Waals surface area (Å²) in [5.74, 6) is -0.344. The molecule has 1 aromatic carbocycles. The van der Waals surface area contributed by atoms with E-state index in [-0.39, 0.29) is 41.5 Å². The lowest BCUT2D eigenvalue weighted by molar-refractivity contribution is -0.384. The molecule has 1 saturated heterocycles. The minimum atomic E-state index is -3.04. The third-order valence-corrected chi connectivity index (χ3v) is 6.61. The first-order valence-electron chi connectivity index (χ1n) is 8.08. The van der Waals surface area contributed by atoms with Crippen molar-refractivity contribution in [2.75, 3.05) is 11.5 Å². The van der Waals surface area contributed by atoms with Crippen molar-refractivity contribution in [3.05, 3.63) is 38.9 Å². The van der Waals surface area contributed by atoms with Gasteiger partial charge in [-0.05, 0) is 25.3 Å². The highest BCUT2D eigenvalue weighted by atomic mass is 32.2. The molecule has 9 nitrogen and oxygen atoms in total. The van der Waals surface area contributed by atoms with E-state index in [9.17, 15) is 23.3 Å². The summed E-state index contributed by atoms with van der Waals surface area (Å²) in [6.07, 6.45) is 2.46. The molecule has 1 saturated carbocycles. The van der Waals surface area contributed by atoms with Crippen molar-refractivity contribution in [3.8, 4) is 0 Å². The fourth-order valence-electron chi connectivity index (χ4n) is 3.43. The lowest BCUT2D eigenvalue weighted by Crippen LogP contribution is -2.41. The second kappa shape index (κ2) is 5.67. The number of hydrogen-bond donors (Lipinski definition) is 0. The molecule has 1 aliphatic carbocycles. The quantitative estimate of drug-likeness (QED) is 0.574. The number of nitro groups is 1. The van der Waals surface area contributed by atoms with Gasteiger partial charge in [0.25, 0.3) is 5.69 Å². The number of hydrogen-bond acceptors (Lipinski definition) is 7. The molecule has 2 aromatic rings. The van der Waals surface area contributed by atoms with E-state index in [1.165, 1.54) is 22.8 Å². The van der Waals surface area contributed by atoms with Crippen LogP contribution in [0.15, 0.2) is 27.4 Å². The van der Waals surface area contributed by atoms with Crippen LogP contribution in [-0.2, 0) is 16.5 Å². The molecule has 0 unspecified atom stereocenters. The molecule has 0 spiro atoms. The number of oxazole rings is 1. The van der Waals surface area contributed by atoms with E-state index in [2.05, 4.69) is 0 Å². The molecule has 0 N–H and O–H groups in total. The largest absolute Gasteiger partial charge is 0.421 e. The van der Waals surface area contributed by atoms with Crippen LogP contribution >= 0.6 is 0 Å². The highest BCUT2D eigenvalue weighted by Gasteiger charge is 2.40. The first-order chi connectivity index (χ1) is 11.8. The molecule has 0 amide bonds. The summed E-state index contributed by atoms with van der Waals surface area (Å²) in [4.78, 5) is 24.7. The van der Waals surface area contributed by atoms with Crippen LogP contribution in [0.5, 0.6) is 0 Å². The summed E-state index contributed by atoms with van der Waals surface area (Å²) in [6.45, 7) is 0.178. The summed E-state index contributed by atoms with van der Waals surface area (Å²) < 4.78 is 30.1. The molecule has 1 aliphatic heterocycles. The Labute approximate surface area is 142 Å². The summed E-state index contributed by atoms with van der Waals surface area (Å²) in [6, 6.07) is 4.13. The number of rotatable bonds is 5. The fraction of sp³-hybridized carbons (Fsp3) is 0.533. The Morgan fingerprint density at radius 1 is 1.28 bits per heavy atom. The number of sulfone groups is 1. The van der Waals surface area contributed by atoms with Crippen LogP contribution in [0.4, 0.5) is 5.69 Å². The second-order valence-electron chi connectivity index (χ2n) is 6.65. The van der Waals surface area contributed by atoms with Crippen LogP contribution in [0.2, 0.25) is 0 Å². The van der Waals surface area contributed by atoms with Crippen LogP contribution in [0.1, 0.15) is 19.3 Å². The lowest BCUT2D eigenvalue weighted by Gasteiger charge is -2.27. The number of nitrogens with zero attached hydrogens (tertiary/aromatic N) is 3. The first kappa shape index (κ1) is 16.3. The first-order valence-corrected chi connectivity index (χ1v) is 9.90. The van der Waals surface area contributed by atoms with Crippen LogP contribution in [0.3, 0.4) is 0 Å². The Hall–Kier alpha value is -2.20. The Bertz CT molecular complexity index is 1000. The Kier molecular flexibility index (Phi) is 3.69. The Morgan fingerprint density at radius 3 is 2.64 bits per heavy atom. The maximum absolute atomic E-state index is 12.2. The van der Waals surface area contributed by atoms with Crippen LogP contribution in [-0.4, -0.2) is 46.4 Å². The van der Waals surface area contributed by atoms with Crippen molar-refractivity contribution < 1.29 is 17.8 Å². The SMILES string of the molecule is O=c1oc2ccc([N+](=O)[O-])cc2n1CN(C1CC1)[C@H]1CCS(=O)(=O)C1. The summed E-state index contributed by atoms with van der Waals surface area (Å²) in [5.41, 5.74) is 0.513. The third-order valence-electron chi connectivity index (χ3n) is 4.86. The van der Waals surface area contributed by atoms with Gasteiger partial charge in [-0.3, -0.25) is 19.6 Å². The van der Waals surface area contributed by atoms with Crippen molar-refractivity contribution >= 4 is 26.6 Å². The standard InChI is InChI=1S/C15H17N3O6S/c19-15-17(13-7-11(18(20)21)3-4-14(13)24-15)9-16(10-1-2-10)12-5-6-25(22,23)8-12/h3-4,7,10,12H,1-2,5-6,8-9H2/t12-/m0/s1. The van der Waals surface area contributed by atoms with E-state index in [4.69, 9.17) is 4.42 Å². The molecule has 134 valence electrons. The zero-order valence-electron chi connectivity index (χ0n) is 13.3. The normalized spacial score (nSPS) is 22.7. The van der Waals surface area contributed by atoms with Gasteiger partial charge < -0.3 is 4.42 Å². The summed E-state index contributed by atoms with van der Waals surface area (Å²) >= 11 is 0. The molecule has 4 rings (SSSR count). The molecule has 0 bridgehead atoms. The van der Waals surface area contributed by atoms with Gasteiger partial charge in [-0.1, -0.05) is 0 Å². The summed E-state index contributed by atoms with van der Waals surface area (Å²) in [7, 11) is -3.04. The minimum Gasteiger partial charge on any atom is -0.408 e. The molecule has 2 aliphatic rings. The molecule has 0 radical (unpaired) electrons. The van der Waals surface area contributed by atoms with E-state index in [1.54, 1.807) is 0 Å². The van der Waals surface area contributed by atoms with Gasteiger partial charge in [0.05, 0.1) is 28.6 Å². The zero-order valence-corrected chi connectivity index (χ0v) is 14.1. The predicted octanol–water partition coefficient (Wildman–Crippen LogP) is 1.11. The number of fused-ring (bicyclic) bond motifs is 1. The monoisotopic (exact) mass is 367 g/mol. The third kappa shape index (κ3) is 3.07. The Morgan fingerprint density at radius 2 is 2.04 bits per heavy atom. The fourth-order valence-corrected chi connectivity index (χ4v) is 5.18. The van der Waals surface area contributed by atoms with Crippen molar-refractivity contribution in [1.29, 1.82) is 0 Å². The molecule has 2 fully saturated rings. The second-order valence-corrected chi connectivity index (χ2v) is 8.88. The van der Waals surface area contributed by atoms with Crippen LogP contribution in [0, 0.1) is 10.1 Å². The van der Waals surface area contributed by atoms with Crippen molar-refractivity contribution in [2.45, 2.75) is 38.0 Å². The van der Waals surface area contributed by atoms with E-state index in [1.807, 2.05) is 4.90 Å². The van der Waals surface area contributed by atoms with Gasteiger partial charge in [-0.2, -0.15) is 0 Å². The van der Waals surface area contributed by atoms with Gasteiger partial charge in [0, 0.05) is 24.2 Å². The lowest BCUT2D eigenvalue weighted by atomic mass is 10.2. The molecule has 2 heterocycles. The highest BCUT2D eigenvalue weighted by molar-refractivity contribution is 7.91. The van der Waals surface area contributed by atoms with Gasteiger partial charge in [0.15, 0.2) is 15.4 Å². The maximum atomic E-state index is 12.2. The van der Waals surface area contributed by atoms with E-state index in [0.29, 0.717) is 11.9 Å². The van der Waals surface area contributed by atoms with Gasteiger partial charge in [0.1, 0.15) is 0 Å². The van der Waals surface area contributed by atoms with E-state index >= 15 is 0 Å². The minimum absolute atomic E-state index is 0.0915. The highest BCUT2D eigenvalue weighted by Crippen LogP contribution is 2.33. The molecule has 10 heteroatoms. The smallest absolute Gasteiger partial charge is 0.408 e.